The summed E-state index contributed by atoms with van der Waals surface area (Å²) in [7, 11) is 0. The highest BCUT2D eigenvalue weighted by Crippen LogP contribution is 2.35. The molecule has 29 heavy (non-hydrogen) atoms. The SMILES string of the molecule is C[C@@H](Oc1ccc2c(c1)OCO2)C(=O)N[C@H]1CCN(c2nccn3cnnc23)C1. The Morgan fingerprint density at radius 1 is 1.34 bits per heavy atom. The number of aromatic nitrogens is 4. The predicted octanol–water partition coefficient (Wildman–Crippen LogP) is 1.02. The van der Waals surface area contributed by atoms with E-state index in [9.17, 15) is 4.79 Å². The monoisotopic (exact) mass is 396 g/mol. The van der Waals surface area contributed by atoms with Crippen LogP contribution in [0.4, 0.5) is 5.82 Å². The Morgan fingerprint density at radius 2 is 2.24 bits per heavy atom. The van der Waals surface area contributed by atoms with Crippen LogP contribution in [0, 0.1) is 0 Å². The van der Waals surface area contributed by atoms with E-state index in [-0.39, 0.29) is 18.7 Å². The first-order chi connectivity index (χ1) is 14.2. The standard InChI is InChI=1S/C19H20N6O4/c1-12(29-14-2-3-15-16(8-14)28-11-27-15)19(26)22-13-4-6-24(9-13)17-18-23-21-10-25(18)7-5-20-17/h2-3,5,7-8,10,12-13H,4,6,9,11H2,1H3,(H,22,26)/t12-,13+/m1/s1. The number of hydrogen-bond acceptors (Lipinski definition) is 8. The van der Waals surface area contributed by atoms with Gasteiger partial charge in [-0.2, -0.15) is 0 Å². The van der Waals surface area contributed by atoms with Crippen LogP contribution in [-0.4, -0.2) is 57.5 Å². The minimum Gasteiger partial charge on any atom is -0.481 e. The van der Waals surface area contributed by atoms with Crippen molar-refractivity contribution in [3.63, 3.8) is 0 Å². The molecule has 3 aromatic rings. The number of anilines is 1. The Balaban J connectivity index is 1.19. The first kappa shape index (κ1) is 17.5. The maximum atomic E-state index is 12.6. The molecule has 1 saturated heterocycles. The zero-order valence-corrected chi connectivity index (χ0v) is 15.8. The normalized spacial score (nSPS) is 18.8. The molecular formula is C19H20N6O4. The van der Waals surface area contributed by atoms with Crippen molar-refractivity contribution in [1.29, 1.82) is 0 Å². The summed E-state index contributed by atoms with van der Waals surface area (Å²) in [6.45, 7) is 3.36. The molecule has 0 unspecified atom stereocenters. The number of hydrogen-bond donors (Lipinski definition) is 1. The Kier molecular flexibility index (Phi) is 4.30. The molecular weight excluding hydrogens is 376 g/mol. The summed E-state index contributed by atoms with van der Waals surface area (Å²) in [5, 5.41) is 11.1. The van der Waals surface area contributed by atoms with Crippen molar-refractivity contribution >= 4 is 17.4 Å². The average molecular weight is 396 g/mol. The van der Waals surface area contributed by atoms with Crippen LogP contribution in [0.5, 0.6) is 17.2 Å². The molecule has 0 spiro atoms. The van der Waals surface area contributed by atoms with E-state index < -0.39 is 6.10 Å². The summed E-state index contributed by atoms with van der Waals surface area (Å²) in [6, 6.07) is 5.28. The van der Waals surface area contributed by atoms with E-state index in [0.717, 1.165) is 18.8 Å². The molecule has 0 radical (unpaired) electrons. The zero-order valence-electron chi connectivity index (χ0n) is 15.8. The molecule has 1 aromatic carbocycles. The highest BCUT2D eigenvalue weighted by Gasteiger charge is 2.28. The summed E-state index contributed by atoms with van der Waals surface area (Å²) in [5.74, 6) is 2.47. The van der Waals surface area contributed by atoms with E-state index in [1.54, 1.807) is 37.6 Å². The number of benzene rings is 1. The second kappa shape index (κ2) is 7.12. The van der Waals surface area contributed by atoms with Crippen molar-refractivity contribution in [2.24, 2.45) is 0 Å². The molecule has 10 nitrogen and oxygen atoms in total. The molecule has 2 aliphatic heterocycles. The summed E-state index contributed by atoms with van der Waals surface area (Å²) in [5.41, 5.74) is 0.707. The van der Waals surface area contributed by atoms with Crippen molar-refractivity contribution in [1.82, 2.24) is 24.9 Å². The Morgan fingerprint density at radius 3 is 3.17 bits per heavy atom. The lowest BCUT2D eigenvalue weighted by molar-refractivity contribution is -0.127. The van der Waals surface area contributed by atoms with Gasteiger partial charge >= 0.3 is 0 Å². The molecule has 4 heterocycles. The van der Waals surface area contributed by atoms with E-state index >= 15 is 0 Å². The number of rotatable bonds is 5. The van der Waals surface area contributed by atoms with Gasteiger partial charge in [0.1, 0.15) is 12.1 Å². The van der Waals surface area contributed by atoms with Gasteiger partial charge < -0.3 is 24.4 Å². The van der Waals surface area contributed by atoms with Crippen LogP contribution >= 0.6 is 0 Å². The number of amides is 1. The van der Waals surface area contributed by atoms with E-state index in [1.165, 1.54) is 0 Å². The minimum absolute atomic E-state index is 0.00952. The third-order valence-electron chi connectivity index (χ3n) is 5.06. The molecule has 1 N–H and O–H groups in total. The van der Waals surface area contributed by atoms with Gasteiger partial charge in [-0.3, -0.25) is 9.20 Å². The minimum atomic E-state index is -0.637. The number of carbonyl (C=O) groups is 1. The summed E-state index contributed by atoms with van der Waals surface area (Å²) >= 11 is 0. The fraction of sp³-hybridized carbons (Fsp3) is 0.368. The fourth-order valence-electron chi connectivity index (χ4n) is 3.57. The molecule has 0 aliphatic carbocycles. The molecule has 1 fully saturated rings. The fourth-order valence-corrected chi connectivity index (χ4v) is 3.57. The number of nitrogens with zero attached hydrogens (tertiary/aromatic N) is 5. The van der Waals surface area contributed by atoms with Gasteiger partial charge in [-0.1, -0.05) is 0 Å². The van der Waals surface area contributed by atoms with Crippen molar-refractivity contribution in [3.05, 3.63) is 36.9 Å². The first-order valence-corrected chi connectivity index (χ1v) is 9.43. The molecule has 2 atom stereocenters. The molecule has 150 valence electrons. The van der Waals surface area contributed by atoms with E-state index in [4.69, 9.17) is 14.2 Å². The second-order valence-corrected chi connectivity index (χ2v) is 7.03. The third kappa shape index (κ3) is 3.37. The lowest BCUT2D eigenvalue weighted by Gasteiger charge is -2.20. The van der Waals surface area contributed by atoms with Crippen LogP contribution < -0.4 is 24.4 Å². The van der Waals surface area contributed by atoms with Gasteiger partial charge in [-0.25, -0.2) is 4.98 Å². The predicted molar refractivity (Wildman–Crippen MR) is 102 cm³/mol. The van der Waals surface area contributed by atoms with Crippen LogP contribution in [0.15, 0.2) is 36.9 Å². The molecule has 0 bridgehead atoms. The van der Waals surface area contributed by atoms with Crippen LogP contribution in [0.1, 0.15) is 13.3 Å². The maximum absolute atomic E-state index is 12.6. The van der Waals surface area contributed by atoms with Crippen molar-refractivity contribution < 1.29 is 19.0 Å². The van der Waals surface area contributed by atoms with Gasteiger partial charge in [-0.05, 0) is 25.5 Å². The van der Waals surface area contributed by atoms with Gasteiger partial charge in [-0.15, -0.1) is 10.2 Å². The van der Waals surface area contributed by atoms with Crippen LogP contribution in [-0.2, 0) is 4.79 Å². The smallest absolute Gasteiger partial charge is 0.261 e. The Bertz CT molecular complexity index is 1050. The van der Waals surface area contributed by atoms with Gasteiger partial charge in [0.15, 0.2) is 23.4 Å². The molecule has 2 aliphatic rings. The van der Waals surface area contributed by atoms with Crippen LogP contribution in [0.25, 0.3) is 5.65 Å². The molecule has 5 rings (SSSR count). The van der Waals surface area contributed by atoms with Gasteiger partial charge in [0.05, 0.1) is 0 Å². The number of carbonyl (C=O) groups excluding carboxylic acids is 1. The van der Waals surface area contributed by atoms with Gasteiger partial charge in [0.25, 0.3) is 5.91 Å². The molecule has 1 amide bonds. The van der Waals surface area contributed by atoms with Crippen molar-refractivity contribution in [3.8, 4) is 17.2 Å². The summed E-state index contributed by atoms with van der Waals surface area (Å²) in [6.07, 6.45) is 5.36. The van der Waals surface area contributed by atoms with Gasteiger partial charge in [0, 0.05) is 37.6 Å². The third-order valence-corrected chi connectivity index (χ3v) is 5.06. The van der Waals surface area contributed by atoms with E-state index in [1.807, 2.05) is 10.6 Å². The summed E-state index contributed by atoms with van der Waals surface area (Å²) < 4.78 is 18.2. The van der Waals surface area contributed by atoms with Crippen LogP contribution in [0.3, 0.4) is 0 Å². The van der Waals surface area contributed by atoms with Gasteiger partial charge in [0.2, 0.25) is 12.4 Å². The molecule has 10 heteroatoms. The van der Waals surface area contributed by atoms with Crippen molar-refractivity contribution in [2.45, 2.75) is 25.5 Å². The Labute approximate surface area is 166 Å². The number of fused-ring (bicyclic) bond motifs is 2. The van der Waals surface area contributed by atoms with Crippen LogP contribution in [0.2, 0.25) is 0 Å². The van der Waals surface area contributed by atoms with E-state index in [2.05, 4.69) is 25.4 Å². The quantitative estimate of drug-likeness (QED) is 0.682. The second-order valence-electron chi connectivity index (χ2n) is 7.03. The lowest BCUT2D eigenvalue weighted by Crippen LogP contribution is -2.43. The number of nitrogens with one attached hydrogen (secondary N) is 1. The topological polar surface area (TPSA) is 103 Å². The largest absolute Gasteiger partial charge is 0.481 e. The Hall–Kier alpha value is -3.56. The highest BCUT2D eigenvalue weighted by molar-refractivity contribution is 5.81. The zero-order chi connectivity index (χ0) is 19.8. The molecule has 2 aromatic heterocycles. The lowest BCUT2D eigenvalue weighted by atomic mass is 10.2. The van der Waals surface area contributed by atoms with Crippen molar-refractivity contribution in [2.75, 3.05) is 24.8 Å². The highest BCUT2D eigenvalue weighted by atomic mass is 16.7. The van der Waals surface area contributed by atoms with E-state index in [0.29, 0.717) is 29.4 Å². The first-order valence-electron chi connectivity index (χ1n) is 9.43. The number of ether oxygens (including phenoxy) is 3. The molecule has 0 saturated carbocycles. The maximum Gasteiger partial charge on any atom is 0.261 e. The summed E-state index contributed by atoms with van der Waals surface area (Å²) in [4.78, 5) is 19.1. The average Bonchev–Trinajstić information content (AvgIpc) is 3.47.